The van der Waals surface area contributed by atoms with Crippen molar-refractivity contribution in [3.05, 3.63) is 41.7 Å². The summed E-state index contributed by atoms with van der Waals surface area (Å²) in [5.41, 5.74) is -2.31. The molecule has 3 saturated heterocycles. The van der Waals surface area contributed by atoms with E-state index in [2.05, 4.69) is 0 Å². The Balaban J connectivity index is 1.41. The second-order valence-electron chi connectivity index (χ2n) is 8.75. The quantitative estimate of drug-likeness (QED) is 0.579. The Labute approximate surface area is 169 Å². The lowest BCUT2D eigenvalue weighted by Crippen LogP contribution is -2.78. The first-order chi connectivity index (χ1) is 13.7. The molecule has 3 heterocycles. The van der Waals surface area contributed by atoms with Crippen LogP contribution in [0.2, 0.25) is 0 Å². The number of hydrogen-bond donors (Lipinski definition) is 1. The molecule has 0 amide bonds. The van der Waals surface area contributed by atoms with Gasteiger partial charge >= 0.3 is 5.97 Å². The standard InChI is InChI=1S/C22H26O7/c1-5-13(2)27-21-11-19(3)22(24)10-16(21)20(22,18(28-19)29-21)12-26-17(23)14-6-8-15(25-4)9-7-14/h5-9,16,18,24H,10-12H2,1-4H3. The maximum absolute atomic E-state index is 12.6. The lowest BCUT2D eigenvalue weighted by molar-refractivity contribution is -0.387. The van der Waals surface area contributed by atoms with E-state index in [1.54, 1.807) is 31.4 Å². The van der Waals surface area contributed by atoms with E-state index in [1.807, 2.05) is 26.8 Å². The van der Waals surface area contributed by atoms with Crippen molar-refractivity contribution in [2.24, 2.45) is 11.3 Å². The first-order valence-corrected chi connectivity index (χ1v) is 9.95. The smallest absolute Gasteiger partial charge is 0.338 e. The molecule has 1 aromatic carbocycles. The Morgan fingerprint density at radius 1 is 1.31 bits per heavy atom. The van der Waals surface area contributed by atoms with E-state index in [1.165, 1.54) is 0 Å². The van der Waals surface area contributed by atoms with Gasteiger partial charge in [-0.1, -0.05) is 0 Å². The fraction of sp³-hybridized carbons (Fsp3) is 0.591. The lowest BCUT2D eigenvalue weighted by Gasteiger charge is -2.65. The summed E-state index contributed by atoms with van der Waals surface area (Å²) in [5, 5.41) is 11.5. The van der Waals surface area contributed by atoms with Gasteiger partial charge in [-0.15, -0.1) is 0 Å². The van der Waals surface area contributed by atoms with Crippen molar-refractivity contribution in [1.29, 1.82) is 0 Å². The van der Waals surface area contributed by atoms with Gasteiger partial charge in [-0.2, -0.15) is 0 Å². The van der Waals surface area contributed by atoms with Crippen LogP contribution >= 0.6 is 0 Å². The van der Waals surface area contributed by atoms with Crippen molar-refractivity contribution in [3.63, 3.8) is 0 Å². The summed E-state index contributed by atoms with van der Waals surface area (Å²) in [6.07, 6.45) is 2.16. The van der Waals surface area contributed by atoms with E-state index < -0.39 is 34.7 Å². The third kappa shape index (κ3) is 2.10. The molecule has 6 fully saturated rings. The van der Waals surface area contributed by atoms with Crippen LogP contribution in [0.15, 0.2) is 36.1 Å². The maximum atomic E-state index is 12.6. The fourth-order valence-electron chi connectivity index (χ4n) is 5.84. The van der Waals surface area contributed by atoms with Crippen molar-refractivity contribution in [2.45, 2.75) is 56.9 Å². The summed E-state index contributed by atoms with van der Waals surface area (Å²) in [6.45, 7) is 5.70. The summed E-state index contributed by atoms with van der Waals surface area (Å²) in [7, 11) is 1.57. The Kier molecular flexibility index (Phi) is 3.74. The molecule has 0 radical (unpaired) electrons. The van der Waals surface area contributed by atoms with Crippen molar-refractivity contribution in [3.8, 4) is 5.75 Å². The van der Waals surface area contributed by atoms with Crippen molar-refractivity contribution < 1.29 is 33.6 Å². The molecule has 6 unspecified atom stereocenters. The van der Waals surface area contributed by atoms with Gasteiger partial charge < -0.3 is 28.8 Å². The molecule has 3 aliphatic carbocycles. The molecule has 29 heavy (non-hydrogen) atoms. The SMILES string of the molecule is CC=C(C)OC12CC3(C)OC(O1)C1(COC(=O)c4ccc(OC)cc4)C2CC31O. The van der Waals surface area contributed by atoms with Crippen LogP contribution in [0.3, 0.4) is 0 Å². The molecular weight excluding hydrogens is 376 g/mol. The van der Waals surface area contributed by atoms with Crippen molar-refractivity contribution >= 4 is 5.97 Å². The summed E-state index contributed by atoms with van der Waals surface area (Å²) >= 11 is 0. The first kappa shape index (κ1) is 18.9. The average molecular weight is 402 g/mol. The highest BCUT2D eigenvalue weighted by molar-refractivity contribution is 5.89. The van der Waals surface area contributed by atoms with Crippen LogP contribution in [0.25, 0.3) is 0 Å². The van der Waals surface area contributed by atoms with Crippen LogP contribution in [0.1, 0.15) is 44.0 Å². The van der Waals surface area contributed by atoms with Gasteiger partial charge in [0.05, 0.1) is 23.8 Å². The summed E-state index contributed by atoms with van der Waals surface area (Å²) in [6, 6.07) is 6.72. The predicted molar refractivity (Wildman–Crippen MR) is 101 cm³/mol. The van der Waals surface area contributed by atoms with Crippen molar-refractivity contribution in [2.75, 3.05) is 13.7 Å². The van der Waals surface area contributed by atoms with E-state index in [-0.39, 0.29) is 12.5 Å². The van der Waals surface area contributed by atoms with Gasteiger partial charge in [0.1, 0.15) is 23.6 Å². The van der Waals surface area contributed by atoms with Crippen LogP contribution in [0, 0.1) is 11.3 Å². The molecule has 7 rings (SSSR count). The number of benzene rings is 1. The largest absolute Gasteiger partial charge is 0.497 e. The molecule has 6 aliphatic rings. The number of rotatable bonds is 6. The molecule has 7 heteroatoms. The van der Waals surface area contributed by atoms with Gasteiger partial charge in [0.2, 0.25) is 5.79 Å². The van der Waals surface area contributed by atoms with E-state index in [0.717, 1.165) is 5.76 Å². The summed E-state index contributed by atoms with van der Waals surface area (Å²) in [4.78, 5) is 12.6. The van der Waals surface area contributed by atoms with Crippen LogP contribution < -0.4 is 4.74 Å². The zero-order chi connectivity index (χ0) is 20.7. The molecule has 7 nitrogen and oxygen atoms in total. The minimum Gasteiger partial charge on any atom is -0.497 e. The van der Waals surface area contributed by atoms with Gasteiger partial charge in [-0.25, -0.2) is 4.79 Å². The second-order valence-corrected chi connectivity index (χ2v) is 8.75. The summed E-state index contributed by atoms with van der Waals surface area (Å²) < 4.78 is 29.4. The zero-order valence-corrected chi connectivity index (χ0v) is 17.1. The van der Waals surface area contributed by atoms with Crippen molar-refractivity contribution in [1.82, 2.24) is 0 Å². The van der Waals surface area contributed by atoms with Gasteiger partial charge in [-0.3, -0.25) is 0 Å². The monoisotopic (exact) mass is 402 g/mol. The van der Waals surface area contributed by atoms with Crippen LogP contribution in [-0.2, 0) is 18.9 Å². The molecule has 6 atom stereocenters. The van der Waals surface area contributed by atoms with Gasteiger partial charge in [0.25, 0.3) is 0 Å². The Morgan fingerprint density at radius 2 is 2.03 bits per heavy atom. The molecule has 3 aliphatic heterocycles. The number of carbonyl (C=O) groups is 1. The minimum atomic E-state index is -1.11. The molecule has 1 N–H and O–H groups in total. The number of aliphatic hydroxyl groups is 1. The second kappa shape index (κ2) is 5.74. The highest BCUT2D eigenvalue weighted by Crippen LogP contribution is 2.81. The molecule has 1 aromatic rings. The Bertz CT molecular complexity index is 895. The fourth-order valence-corrected chi connectivity index (χ4v) is 5.84. The first-order valence-electron chi connectivity index (χ1n) is 9.95. The Hall–Kier alpha value is -2.09. The summed E-state index contributed by atoms with van der Waals surface area (Å²) in [5.74, 6) is -0.00208. The number of methoxy groups -OCH3 is 1. The molecule has 0 spiro atoms. The zero-order valence-electron chi connectivity index (χ0n) is 17.1. The number of allylic oxidation sites excluding steroid dienone is 2. The molecule has 156 valence electrons. The van der Waals surface area contributed by atoms with Crippen LogP contribution in [-0.4, -0.2) is 48.1 Å². The van der Waals surface area contributed by atoms with Crippen LogP contribution in [0.5, 0.6) is 5.75 Å². The Morgan fingerprint density at radius 3 is 2.69 bits per heavy atom. The number of ether oxygens (including phenoxy) is 5. The molecule has 6 bridgehead atoms. The number of hydrogen-bond acceptors (Lipinski definition) is 7. The number of carbonyl (C=O) groups excluding carboxylic acids is 1. The normalized spacial score (nSPS) is 43.8. The van der Waals surface area contributed by atoms with E-state index in [9.17, 15) is 9.90 Å². The molecular formula is C22H26O7. The molecule has 3 saturated carbocycles. The predicted octanol–water partition coefficient (Wildman–Crippen LogP) is 2.77. The van der Waals surface area contributed by atoms with E-state index >= 15 is 0 Å². The minimum absolute atomic E-state index is 0.0132. The maximum Gasteiger partial charge on any atom is 0.338 e. The average Bonchev–Trinajstić information content (AvgIpc) is 2.90. The third-order valence-corrected chi connectivity index (χ3v) is 7.48. The van der Waals surface area contributed by atoms with E-state index in [4.69, 9.17) is 23.7 Å². The van der Waals surface area contributed by atoms with Gasteiger partial charge in [0, 0.05) is 12.3 Å². The van der Waals surface area contributed by atoms with Gasteiger partial charge in [-0.05, 0) is 57.5 Å². The van der Waals surface area contributed by atoms with Crippen LogP contribution in [0.4, 0.5) is 0 Å². The lowest BCUT2D eigenvalue weighted by atomic mass is 9.41. The molecule has 0 aromatic heterocycles. The highest BCUT2D eigenvalue weighted by Gasteiger charge is 2.94. The highest BCUT2D eigenvalue weighted by atomic mass is 16.8. The third-order valence-electron chi connectivity index (χ3n) is 7.48. The topological polar surface area (TPSA) is 83.5 Å². The number of esters is 1. The van der Waals surface area contributed by atoms with Gasteiger partial charge in [0.15, 0.2) is 6.29 Å². The van der Waals surface area contributed by atoms with E-state index in [0.29, 0.717) is 24.2 Å².